The van der Waals surface area contributed by atoms with Gasteiger partial charge in [0.25, 0.3) is 0 Å². The third kappa shape index (κ3) is 9.43. The van der Waals surface area contributed by atoms with E-state index in [1.165, 1.54) is 13.0 Å². The monoisotopic (exact) mass is 247 g/mol. The summed E-state index contributed by atoms with van der Waals surface area (Å²) in [6.07, 6.45) is -1.45. The summed E-state index contributed by atoms with van der Waals surface area (Å²) in [5.41, 5.74) is -1.36. The molecule has 0 atom stereocenters. The maximum atomic E-state index is 12.2. The van der Waals surface area contributed by atoms with Crippen molar-refractivity contribution in [2.45, 2.75) is 40.8 Å². The van der Waals surface area contributed by atoms with E-state index in [1.54, 1.807) is 0 Å². The van der Waals surface area contributed by atoms with Gasteiger partial charge in [-0.3, -0.25) is 0 Å². The van der Waals surface area contributed by atoms with Crippen LogP contribution in [-0.2, 0) is 0 Å². The van der Waals surface area contributed by atoms with Gasteiger partial charge in [-0.15, -0.1) is 0 Å². The predicted molar refractivity (Wildman–Crippen MR) is 66.4 cm³/mol. The van der Waals surface area contributed by atoms with Crippen LogP contribution >= 0.6 is 0 Å². The van der Waals surface area contributed by atoms with Crippen molar-refractivity contribution in [3.63, 3.8) is 0 Å². The maximum Gasteiger partial charge on any atom is 0.417 e. The summed E-state index contributed by atoms with van der Waals surface area (Å²) < 4.78 is 36.6. The number of nitrogens with zero attached hydrogens (tertiary/aromatic N) is 1. The molecule has 0 saturated heterocycles. The molecule has 0 aliphatic carbocycles. The number of rotatable bonds is 2. The first-order valence-electron chi connectivity index (χ1n) is 5.44. The lowest BCUT2D eigenvalue weighted by Gasteiger charge is -2.08. The van der Waals surface area contributed by atoms with Crippen molar-refractivity contribution < 1.29 is 13.2 Å². The Bertz CT molecular complexity index is 291. The first-order valence-corrected chi connectivity index (χ1v) is 5.44. The fourth-order valence-corrected chi connectivity index (χ4v) is 0.777. The van der Waals surface area contributed by atoms with Gasteiger partial charge in [-0.2, -0.15) is 18.4 Å². The zero-order chi connectivity index (χ0) is 14.5. The molecule has 0 aromatic carbocycles. The molecule has 0 aromatic rings. The van der Waals surface area contributed by atoms with Crippen LogP contribution in [0.15, 0.2) is 36.0 Å². The van der Waals surface area contributed by atoms with Crippen LogP contribution in [0.2, 0.25) is 0 Å². The molecule has 0 amide bonds. The molecule has 0 aliphatic heterocycles. The van der Waals surface area contributed by atoms with Gasteiger partial charge in [0.15, 0.2) is 0 Å². The summed E-state index contributed by atoms with van der Waals surface area (Å²) >= 11 is 0. The second-order valence-corrected chi connectivity index (χ2v) is 2.13. The minimum atomic E-state index is -4.49. The Balaban J connectivity index is -0.000000439. The number of hydrogen-bond acceptors (Lipinski definition) is 1. The Hall–Kier alpha value is -1.50. The van der Waals surface area contributed by atoms with E-state index < -0.39 is 17.3 Å². The molecule has 0 spiro atoms. The molecule has 0 unspecified atom stereocenters. The van der Waals surface area contributed by atoms with E-state index in [4.69, 9.17) is 5.26 Å². The number of alkyl halides is 3. The van der Waals surface area contributed by atoms with Crippen molar-refractivity contribution in [1.29, 1.82) is 5.26 Å². The Kier molecular flexibility index (Phi) is 15.4. The van der Waals surface area contributed by atoms with Crippen LogP contribution in [0.5, 0.6) is 0 Å². The highest BCUT2D eigenvalue weighted by atomic mass is 19.4. The van der Waals surface area contributed by atoms with Crippen LogP contribution in [0, 0.1) is 11.3 Å². The normalized spacial score (nSPS) is 11.2. The van der Waals surface area contributed by atoms with Crippen LogP contribution in [0.4, 0.5) is 13.2 Å². The predicted octanol–water partition coefficient (Wildman–Crippen LogP) is 5.18. The summed E-state index contributed by atoms with van der Waals surface area (Å²) in [5, 5.41) is 8.42. The van der Waals surface area contributed by atoms with Gasteiger partial charge in [0.05, 0.1) is 17.2 Å². The van der Waals surface area contributed by atoms with Gasteiger partial charge in [0, 0.05) is 0 Å². The Morgan fingerprint density at radius 3 is 1.76 bits per heavy atom. The molecular weight excluding hydrogens is 227 g/mol. The second kappa shape index (κ2) is 12.6. The highest BCUT2D eigenvalue weighted by molar-refractivity contribution is 5.45. The van der Waals surface area contributed by atoms with Crippen molar-refractivity contribution in [3.8, 4) is 6.07 Å². The fraction of sp³-hybridized carbons (Fsp3) is 0.462. The SMILES string of the molecule is C=C/C=C(C#N)\C(=C/C)C(F)(F)F.CC.CC. The molecule has 0 fully saturated rings. The standard InChI is InChI=1S/C9H8F3N.2C2H6/c1-3-5-7(6-13)8(4-2)9(10,11)12;2*1-2/h3-5H,1H2,2H3;2*1-2H3/b7-5-,8-4+;;. The molecule has 17 heavy (non-hydrogen) atoms. The summed E-state index contributed by atoms with van der Waals surface area (Å²) in [5.74, 6) is 0. The van der Waals surface area contributed by atoms with Crippen LogP contribution < -0.4 is 0 Å². The highest BCUT2D eigenvalue weighted by Crippen LogP contribution is 2.30. The Morgan fingerprint density at radius 1 is 1.18 bits per heavy atom. The molecule has 0 heterocycles. The van der Waals surface area contributed by atoms with Crippen molar-refractivity contribution in [1.82, 2.24) is 0 Å². The number of halogens is 3. The molecule has 0 radical (unpaired) electrons. The second-order valence-electron chi connectivity index (χ2n) is 2.13. The van der Waals surface area contributed by atoms with E-state index in [0.29, 0.717) is 0 Å². The first-order chi connectivity index (χ1) is 7.97. The summed E-state index contributed by atoms with van der Waals surface area (Å²) in [6, 6.07) is 1.46. The van der Waals surface area contributed by atoms with E-state index in [1.807, 2.05) is 27.7 Å². The van der Waals surface area contributed by atoms with Gasteiger partial charge in [-0.1, -0.05) is 46.4 Å². The third-order valence-corrected chi connectivity index (χ3v) is 1.29. The largest absolute Gasteiger partial charge is 0.417 e. The zero-order valence-electron chi connectivity index (χ0n) is 11.0. The molecule has 1 nitrogen and oxygen atoms in total. The molecule has 0 rings (SSSR count). The van der Waals surface area contributed by atoms with Crippen molar-refractivity contribution >= 4 is 0 Å². The molecule has 0 aliphatic rings. The fourth-order valence-electron chi connectivity index (χ4n) is 0.777. The van der Waals surface area contributed by atoms with E-state index in [0.717, 1.165) is 18.2 Å². The lowest BCUT2D eigenvalue weighted by molar-refractivity contribution is -0.0890. The molecule has 0 N–H and O–H groups in total. The summed E-state index contributed by atoms with van der Waals surface area (Å²) in [4.78, 5) is 0. The smallest absolute Gasteiger partial charge is 0.192 e. The van der Waals surface area contributed by atoms with Gasteiger partial charge >= 0.3 is 6.18 Å². The van der Waals surface area contributed by atoms with E-state index in [2.05, 4.69) is 6.58 Å². The molecule has 4 heteroatoms. The van der Waals surface area contributed by atoms with E-state index in [-0.39, 0.29) is 0 Å². The summed E-state index contributed by atoms with van der Waals surface area (Å²) in [6.45, 7) is 12.5. The van der Waals surface area contributed by atoms with E-state index in [9.17, 15) is 13.2 Å². The lowest BCUT2D eigenvalue weighted by Crippen LogP contribution is -2.13. The number of allylic oxidation sites excluding steroid dienone is 5. The average molecular weight is 247 g/mol. The molecule has 98 valence electrons. The first kappa shape index (κ1) is 20.9. The van der Waals surface area contributed by atoms with Crippen LogP contribution in [-0.4, -0.2) is 6.18 Å². The van der Waals surface area contributed by atoms with Crippen LogP contribution in [0.1, 0.15) is 34.6 Å². The Morgan fingerprint density at radius 2 is 1.59 bits per heavy atom. The van der Waals surface area contributed by atoms with Gasteiger partial charge in [-0.25, -0.2) is 0 Å². The van der Waals surface area contributed by atoms with Crippen molar-refractivity contribution in [2.75, 3.05) is 0 Å². The van der Waals surface area contributed by atoms with Crippen molar-refractivity contribution in [3.05, 3.63) is 36.0 Å². The highest BCUT2D eigenvalue weighted by Gasteiger charge is 2.35. The number of hydrogen-bond donors (Lipinski definition) is 0. The zero-order valence-corrected chi connectivity index (χ0v) is 11.0. The minimum absolute atomic E-state index is 0.426. The van der Waals surface area contributed by atoms with Crippen LogP contribution in [0.25, 0.3) is 0 Å². The van der Waals surface area contributed by atoms with Gasteiger partial charge in [0.2, 0.25) is 0 Å². The number of nitriles is 1. The molecule has 0 bridgehead atoms. The minimum Gasteiger partial charge on any atom is -0.192 e. The van der Waals surface area contributed by atoms with Crippen molar-refractivity contribution in [2.24, 2.45) is 0 Å². The summed E-state index contributed by atoms with van der Waals surface area (Å²) in [7, 11) is 0. The lowest BCUT2D eigenvalue weighted by atomic mass is 10.1. The topological polar surface area (TPSA) is 23.8 Å². The Labute approximate surface area is 102 Å². The molecular formula is C13H20F3N. The van der Waals surface area contributed by atoms with Gasteiger partial charge in [0.1, 0.15) is 0 Å². The third-order valence-electron chi connectivity index (χ3n) is 1.29. The molecule has 0 saturated carbocycles. The van der Waals surface area contributed by atoms with E-state index >= 15 is 0 Å². The average Bonchev–Trinajstić information content (AvgIpc) is 2.32. The molecule has 0 aromatic heterocycles. The van der Waals surface area contributed by atoms with Gasteiger partial charge in [-0.05, 0) is 13.0 Å². The van der Waals surface area contributed by atoms with Crippen LogP contribution in [0.3, 0.4) is 0 Å². The quantitative estimate of drug-likeness (QED) is 0.487. The maximum absolute atomic E-state index is 12.2. The van der Waals surface area contributed by atoms with Gasteiger partial charge < -0.3 is 0 Å².